The van der Waals surface area contributed by atoms with E-state index in [1.165, 1.54) is 0 Å². The molecule has 0 saturated carbocycles. The third-order valence-electron chi connectivity index (χ3n) is 4.02. The van der Waals surface area contributed by atoms with Gasteiger partial charge < -0.3 is 4.98 Å². The average Bonchev–Trinajstić information content (AvgIpc) is 2.57. The van der Waals surface area contributed by atoms with Crippen molar-refractivity contribution in [1.29, 1.82) is 0 Å². The van der Waals surface area contributed by atoms with Crippen molar-refractivity contribution >= 4 is 20.9 Å². The molecule has 0 aliphatic rings. The molecule has 6 heteroatoms. The number of nitrogens with one attached hydrogen (secondary N) is 2. The molecule has 5 nitrogen and oxygen atoms in total. The van der Waals surface area contributed by atoms with E-state index >= 15 is 0 Å². The first-order valence-corrected chi connectivity index (χ1v) is 9.72. The molecule has 0 unspecified atom stereocenters. The second kappa shape index (κ2) is 7.21. The van der Waals surface area contributed by atoms with E-state index in [-0.39, 0.29) is 17.9 Å². The quantitative estimate of drug-likeness (QED) is 0.712. The summed E-state index contributed by atoms with van der Waals surface area (Å²) < 4.78 is 26.9. The fourth-order valence-corrected chi connectivity index (χ4v) is 3.82. The van der Waals surface area contributed by atoms with Crippen molar-refractivity contribution in [2.24, 2.45) is 0 Å². The third-order valence-corrected chi connectivity index (χ3v) is 5.38. The van der Waals surface area contributed by atoms with Gasteiger partial charge in [-0.15, -0.1) is 0 Å². The minimum atomic E-state index is -3.44. The van der Waals surface area contributed by atoms with Crippen molar-refractivity contribution in [3.8, 4) is 0 Å². The number of H-pyrrole nitrogens is 1. The largest absolute Gasteiger partial charge is 0.322 e. The summed E-state index contributed by atoms with van der Waals surface area (Å²) in [6.07, 6.45) is 0.341. The second-order valence-electron chi connectivity index (χ2n) is 6.10. The van der Waals surface area contributed by atoms with Gasteiger partial charge in [0, 0.05) is 17.6 Å². The summed E-state index contributed by atoms with van der Waals surface area (Å²) in [6, 6.07) is 16.7. The molecule has 2 aromatic carbocycles. The highest BCUT2D eigenvalue weighted by atomic mass is 32.2. The Hall–Kier alpha value is -2.44. The van der Waals surface area contributed by atoms with Crippen LogP contribution in [0.25, 0.3) is 10.9 Å². The number of hydrogen-bond acceptors (Lipinski definition) is 3. The minimum absolute atomic E-state index is 0.0681. The van der Waals surface area contributed by atoms with Crippen LogP contribution >= 0.6 is 0 Å². The van der Waals surface area contributed by atoms with Crippen molar-refractivity contribution in [3.63, 3.8) is 0 Å². The van der Waals surface area contributed by atoms with E-state index in [4.69, 9.17) is 0 Å². The molecular formula is C19H20N2O3S. The molecule has 3 aromatic rings. The number of rotatable bonds is 6. The highest BCUT2D eigenvalue weighted by Crippen LogP contribution is 2.10. The van der Waals surface area contributed by atoms with E-state index in [1.54, 1.807) is 0 Å². The highest BCUT2D eigenvalue weighted by molar-refractivity contribution is 7.88. The van der Waals surface area contributed by atoms with Gasteiger partial charge in [0.1, 0.15) is 0 Å². The van der Waals surface area contributed by atoms with Crippen LogP contribution in [-0.4, -0.2) is 19.9 Å². The topological polar surface area (TPSA) is 79.0 Å². The van der Waals surface area contributed by atoms with Gasteiger partial charge >= 0.3 is 0 Å². The lowest BCUT2D eigenvalue weighted by atomic mass is 10.1. The van der Waals surface area contributed by atoms with Crippen molar-refractivity contribution in [1.82, 2.24) is 9.71 Å². The Labute approximate surface area is 146 Å². The predicted octanol–water partition coefficient (Wildman–Crippen LogP) is 2.50. The zero-order valence-electron chi connectivity index (χ0n) is 14.0. The Kier molecular flexibility index (Phi) is 5.01. The molecule has 0 saturated heterocycles. The van der Waals surface area contributed by atoms with Crippen LogP contribution in [0, 0.1) is 6.92 Å². The Bertz CT molecular complexity index is 1040. The molecule has 130 valence electrons. The number of aromatic nitrogens is 1. The van der Waals surface area contributed by atoms with Crippen LogP contribution in [0.1, 0.15) is 16.7 Å². The molecule has 1 aromatic heterocycles. The lowest BCUT2D eigenvalue weighted by Gasteiger charge is -2.08. The molecule has 0 amide bonds. The van der Waals surface area contributed by atoms with Crippen LogP contribution in [0.4, 0.5) is 0 Å². The van der Waals surface area contributed by atoms with Crippen molar-refractivity contribution < 1.29 is 8.42 Å². The Morgan fingerprint density at radius 3 is 2.52 bits per heavy atom. The maximum Gasteiger partial charge on any atom is 0.251 e. The molecule has 0 aliphatic heterocycles. The van der Waals surface area contributed by atoms with Crippen molar-refractivity contribution in [2.45, 2.75) is 19.1 Å². The molecule has 2 N–H and O–H groups in total. The monoisotopic (exact) mass is 356 g/mol. The van der Waals surface area contributed by atoms with E-state index < -0.39 is 10.0 Å². The summed E-state index contributed by atoms with van der Waals surface area (Å²) in [5.74, 6) is -0.0681. The van der Waals surface area contributed by atoms with Gasteiger partial charge in [-0.25, -0.2) is 13.1 Å². The normalized spacial score (nSPS) is 11.7. The standard InChI is InChI=1S/C19H20N2O3S/c1-14-6-8-15(9-7-14)13-25(23,24)20-11-10-17-12-16-4-2-3-5-18(16)21-19(17)22/h2-9,12,20H,10-11,13H2,1H3,(H,21,22). The van der Waals surface area contributed by atoms with Crippen LogP contribution in [0.15, 0.2) is 59.4 Å². The summed E-state index contributed by atoms with van der Waals surface area (Å²) in [4.78, 5) is 14.9. The summed E-state index contributed by atoms with van der Waals surface area (Å²) >= 11 is 0. The number of para-hydroxylation sites is 1. The molecule has 25 heavy (non-hydrogen) atoms. The molecule has 0 aliphatic carbocycles. The van der Waals surface area contributed by atoms with Crippen LogP contribution in [0.2, 0.25) is 0 Å². The number of benzene rings is 2. The van der Waals surface area contributed by atoms with E-state index in [1.807, 2.05) is 61.5 Å². The van der Waals surface area contributed by atoms with Crippen LogP contribution in [0.3, 0.4) is 0 Å². The van der Waals surface area contributed by atoms with E-state index in [9.17, 15) is 13.2 Å². The first kappa shape index (κ1) is 17.4. The third kappa shape index (κ3) is 4.55. The number of fused-ring (bicyclic) bond motifs is 1. The molecule has 0 spiro atoms. The Morgan fingerprint density at radius 1 is 1.04 bits per heavy atom. The molecular weight excluding hydrogens is 336 g/mol. The lowest BCUT2D eigenvalue weighted by molar-refractivity contribution is 0.580. The fraction of sp³-hybridized carbons (Fsp3) is 0.211. The maximum absolute atomic E-state index is 12.2. The Balaban J connectivity index is 1.64. The summed E-state index contributed by atoms with van der Waals surface area (Å²) in [6.45, 7) is 2.15. The first-order chi connectivity index (χ1) is 11.9. The molecule has 0 bridgehead atoms. The number of aryl methyl sites for hydroxylation is 1. The van der Waals surface area contributed by atoms with Crippen LogP contribution in [-0.2, 0) is 22.2 Å². The lowest BCUT2D eigenvalue weighted by Crippen LogP contribution is -2.28. The molecule has 0 atom stereocenters. The molecule has 0 fully saturated rings. The second-order valence-corrected chi connectivity index (χ2v) is 7.91. The zero-order chi connectivity index (χ0) is 17.9. The zero-order valence-corrected chi connectivity index (χ0v) is 14.8. The summed E-state index contributed by atoms with van der Waals surface area (Å²) in [5, 5.41) is 0.930. The minimum Gasteiger partial charge on any atom is -0.322 e. The predicted molar refractivity (Wildman–Crippen MR) is 100 cm³/mol. The van der Waals surface area contributed by atoms with E-state index in [0.29, 0.717) is 12.0 Å². The van der Waals surface area contributed by atoms with Gasteiger partial charge in [0.25, 0.3) is 5.56 Å². The molecule has 1 heterocycles. The van der Waals surface area contributed by atoms with Crippen molar-refractivity contribution in [2.75, 3.05) is 6.54 Å². The summed E-state index contributed by atoms with van der Waals surface area (Å²) in [7, 11) is -3.44. The van der Waals surface area contributed by atoms with Gasteiger partial charge in [-0.05, 0) is 36.4 Å². The van der Waals surface area contributed by atoms with Crippen molar-refractivity contribution in [3.05, 3.63) is 81.6 Å². The van der Waals surface area contributed by atoms with E-state index in [2.05, 4.69) is 9.71 Å². The van der Waals surface area contributed by atoms with Gasteiger partial charge in [0.2, 0.25) is 10.0 Å². The first-order valence-electron chi connectivity index (χ1n) is 8.07. The van der Waals surface area contributed by atoms with Crippen LogP contribution < -0.4 is 10.3 Å². The average molecular weight is 356 g/mol. The number of hydrogen-bond donors (Lipinski definition) is 2. The number of sulfonamides is 1. The van der Waals surface area contributed by atoms with Gasteiger partial charge in [-0.1, -0.05) is 48.0 Å². The van der Waals surface area contributed by atoms with Gasteiger partial charge in [0.05, 0.1) is 5.75 Å². The van der Waals surface area contributed by atoms with E-state index in [0.717, 1.165) is 22.0 Å². The smallest absolute Gasteiger partial charge is 0.251 e. The van der Waals surface area contributed by atoms with Gasteiger partial charge in [-0.2, -0.15) is 0 Å². The van der Waals surface area contributed by atoms with Crippen LogP contribution in [0.5, 0.6) is 0 Å². The van der Waals surface area contributed by atoms with Gasteiger partial charge in [0.15, 0.2) is 0 Å². The highest BCUT2D eigenvalue weighted by Gasteiger charge is 2.11. The fourth-order valence-electron chi connectivity index (χ4n) is 2.67. The molecule has 0 radical (unpaired) electrons. The number of pyridine rings is 1. The molecule has 3 rings (SSSR count). The van der Waals surface area contributed by atoms with Gasteiger partial charge in [-0.3, -0.25) is 4.79 Å². The maximum atomic E-state index is 12.2. The Morgan fingerprint density at radius 2 is 1.76 bits per heavy atom. The number of aromatic amines is 1. The summed E-state index contributed by atoms with van der Waals surface area (Å²) in [5.41, 5.74) is 2.98. The SMILES string of the molecule is Cc1ccc(CS(=O)(=O)NCCc2cc3ccccc3[nH]c2=O)cc1.